The number of hydrogen-bond donors (Lipinski definition) is 1. The number of hydrogen-bond acceptors (Lipinski definition) is 2. The third kappa shape index (κ3) is 5.58. The Morgan fingerprint density at radius 3 is 2.24 bits per heavy atom. The third-order valence-corrected chi connectivity index (χ3v) is 3.36. The van der Waals surface area contributed by atoms with E-state index in [9.17, 15) is 9.59 Å². The lowest BCUT2D eigenvalue weighted by molar-refractivity contribution is -0.145. The van der Waals surface area contributed by atoms with E-state index in [1.807, 2.05) is 51.1 Å². The Hall–Kier alpha value is -1.84. The monoisotopic (exact) mass is 291 g/mol. The molecule has 1 aromatic rings. The summed E-state index contributed by atoms with van der Waals surface area (Å²) in [5.41, 5.74) is 0.640. The molecule has 0 radical (unpaired) electrons. The van der Waals surface area contributed by atoms with Crippen LogP contribution in [-0.2, 0) is 16.0 Å². The van der Waals surface area contributed by atoms with Crippen LogP contribution in [0.15, 0.2) is 30.3 Å². The molecule has 21 heavy (non-hydrogen) atoms. The minimum absolute atomic E-state index is 0.00784. The van der Waals surface area contributed by atoms with Crippen molar-refractivity contribution in [2.75, 3.05) is 13.1 Å². The maximum absolute atomic E-state index is 12.5. The number of benzene rings is 1. The van der Waals surface area contributed by atoms with Crippen LogP contribution >= 0.6 is 0 Å². The van der Waals surface area contributed by atoms with Crippen LogP contribution in [-0.4, -0.2) is 35.0 Å². The van der Waals surface area contributed by atoms with Gasteiger partial charge >= 0.3 is 5.97 Å². The normalized spacial score (nSPS) is 12.8. The molecule has 4 nitrogen and oxygen atoms in total. The van der Waals surface area contributed by atoms with Crippen LogP contribution in [0.4, 0.5) is 0 Å². The first-order valence-electron chi connectivity index (χ1n) is 7.28. The lowest BCUT2D eigenvalue weighted by atomic mass is 9.94. The molecule has 0 saturated carbocycles. The fraction of sp³-hybridized carbons (Fsp3) is 0.529. The molecule has 0 fully saturated rings. The minimum atomic E-state index is -0.874. The molecular formula is C17H25NO3. The molecular weight excluding hydrogens is 266 g/mol. The molecule has 1 unspecified atom stereocenters. The molecule has 0 saturated heterocycles. The highest BCUT2D eigenvalue weighted by molar-refractivity contribution is 5.82. The van der Waals surface area contributed by atoms with Crippen LogP contribution in [0.2, 0.25) is 0 Å². The molecule has 0 aliphatic rings. The standard InChI is InChI=1S/C17H25NO3/c1-13(15(19)20)12-18(16(21)17(2,3)4)11-10-14-8-6-5-7-9-14/h5-9,13H,10-12H2,1-4H3,(H,19,20). The highest BCUT2D eigenvalue weighted by Gasteiger charge is 2.29. The van der Waals surface area contributed by atoms with Crippen LogP contribution in [0, 0.1) is 11.3 Å². The number of carboxylic acid groups (broad SMARTS) is 1. The molecule has 0 bridgehead atoms. The van der Waals surface area contributed by atoms with Crippen molar-refractivity contribution in [3.63, 3.8) is 0 Å². The number of aliphatic carboxylic acids is 1. The molecule has 0 aromatic heterocycles. The maximum Gasteiger partial charge on any atom is 0.308 e. The molecule has 0 aliphatic heterocycles. The van der Waals surface area contributed by atoms with Crippen LogP contribution in [0.25, 0.3) is 0 Å². The van der Waals surface area contributed by atoms with E-state index in [0.717, 1.165) is 12.0 Å². The highest BCUT2D eigenvalue weighted by atomic mass is 16.4. The Balaban J connectivity index is 2.77. The summed E-state index contributed by atoms with van der Waals surface area (Å²) in [5.74, 6) is -1.44. The zero-order chi connectivity index (χ0) is 16.0. The van der Waals surface area contributed by atoms with Gasteiger partial charge in [0.15, 0.2) is 0 Å². The second-order valence-corrected chi connectivity index (χ2v) is 6.48. The van der Waals surface area contributed by atoms with Gasteiger partial charge in [0.25, 0.3) is 0 Å². The average molecular weight is 291 g/mol. The van der Waals surface area contributed by atoms with E-state index in [1.54, 1.807) is 11.8 Å². The number of carboxylic acids is 1. The first-order chi connectivity index (χ1) is 9.71. The van der Waals surface area contributed by atoms with Gasteiger partial charge in [-0.15, -0.1) is 0 Å². The van der Waals surface area contributed by atoms with Crippen LogP contribution in [0.3, 0.4) is 0 Å². The molecule has 4 heteroatoms. The molecule has 0 aliphatic carbocycles. The van der Waals surface area contributed by atoms with E-state index in [1.165, 1.54) is 0 Å². The summed E-state index contributed by atoms with van der Waals surface area (Å²) in [6.45, 7) is 7.99. The van der Waals surface area contributed by atoms with Crippen molar-refractivity contribution in [1.82, 2.24) is 4.90 Å². The summed E-state index contributed by atoms with van der Waals surface area (Å²) in [7, 11) is 0. The molecule has 1 aromatic carbocycles. The molecule has 1 rings (SSSR count). The summed E-state index contributed by atoms with van der Waals surface area (Å²) >= 11 is 0. The van der Waals surface area contributed by atoms with E-state index < -0.39 is 17.3 Å². The second kappa shape index (κ2) is 7.25. The van der Waals surface area contributed by atoms with Crippen molar-refractivity contribution in [3.8, 4) is 0 Å². The lowest BCUT2D eigenvalue weighted by Gasteiger charge is -2.30. The summed E-state index contributed by atoms with van der Waals surface area (Å²) in [6.07, 6.45) is 0.731. The first kappa shape index (κ1) is 17.2. The Bertz CT molecular complexity index is 477. The van der Waals surface area contributed by atoms with E-state index in [4.69, 9.17) is 5.11 Å². The van der Waals surface area contributed by atoms with E-state index >= 15 is 0 Å². The zero-order valence-corrected chi connectivity index (χ0v) is 13.3. The summed E-state index contributed by atoms with van der Waals surface area (Å²) < 4.78 is 0. The molecule has 0 spiro atoms. The third-order valence-electron chi connectivity index (χ3n) is 3.36. The van der Waals surface area contributed by atoms with Crippen molar-refractivity contribution in [3.05, 3.63) is 35.9 Å². The Labute approximate surface area is 126 Å². The summed E-state index contributed by atoms with van der Waals surface area (Å²) in [5, 5.41) is 9.06. The number of carbonyl (C=O) groups excluding carboxylic acids is 1. The number of carbonyl (C=O) groups is 2. The smallest absolute Gasteiger partial charge is 0.308 e. The molecule has 1 amide bonds. The zero-order valence-electron chi connectivity index (χ0n) is 13.3. The van der Waals surface area contributed by atoms with Crippen LogP contribution < -0.4 is 0 Å². The summed E-state index contributed by atoms with van der Waals surface area (Å²) in [4.78, 5) is 25.2. The highest BCUT2D eigenvalue weighted by Crippen LogP contribution is 2.19. The minimum Gasteiger partial charge on any atom is -0.481 e. The quantitative estimate of drug-likeness (QED) is 0.876. The van der Waals surface area contributed by atoms with Crippen molar-refractivity contribution in [1.29, 1.82) is 0 Å². The van der Waals surface area contributed by atoms with Gasteiger partial charge in [0.05, 0.1) is 5.92 Å². The van der Waals surface area contributed by atoms with Gasteiger partial charge in [-0.1, -0.05) is 58.0 Å². The Morgan fingerprint density at radius 1 is 1.19 bits per heavy atom. The van der Waals surface area contributed by atoms with Gasteiger partial charge in [0.2, 0.25) is 5.91 Å². The van der Waals surface area contributed by atoms with Crippen LogP contribution in [0.5, 0.6) is 0 Å². The average Bonchev–Trinajstić information content (AvgIpc) is 2.42. The van der Waals surface area contributed by atoms with Gasteiger partial charge < -0.3 is 10.0 Å². The van der Waals surface area contributed by atoms with Gasteiger partial charge in [0, 0.05) is 18.5 Å². The second-order valence-electron chi connectivity index (χ2n) is 6.48. The van der Waals surface area contributed by atoms with Gasteiger partial charge in [-0.3, -0.25) is 9.59 Å². The van der Waals surface area contributed by atoms with Gasteiger partial charge in [-0.25, -0.2) is 0 Å². The maximum atomic E-state index is 12.5. The van der Waals surface area contributed by atoms with Crippen molar-refractivity contribution in [2.24, 2.45) is 11.3 Å². The van der Waals surface area contributed by atoms with E-state index in [-0.39, 0.29) is 12.5 Å². The fourth-order valence-electron chi connectivity index (χ4n) is 2.07. The Morgan fingerprint density at radius 2 is 1.76 bits per heavy atom. The number of rotatable bonds is 6. The largest absolute Gasteiger partial charge is 0.481 e. The van der Waals surface area contributed by atoms with Crippen molar-refractivity contribution in [2.45, 2.75) is 34.1 Å². The molecule has 1 atom stereocenters. The number of amides is 1. The van der Waals surface area contributed by atoms with E-state index in [2.05, 4.69) is 0 Å². The Kier molecular flexibility index (Phi) is 5.94. The molecule has 116 valence electrons. The van der Waals surface area contributed by atoms with Gasteiger partial charge in [0.1, 0.15) is 0 Å². The fourth-order valence-corrected chi connectivity index (χ4v) is 2.07. The van der Waals surface area contributed by atoms with E-state index in [0.29, 0.717) is 6.54 Å². The van der Waals surface area contributed by atoms with Gasteiger partial charge in [-0.2, -0.15) is 0 Å². The molecule has 0 heterocycles. The predicted molar refractivity (Wildman–Crippen MR) is 83.0 cm³/mol. The predicted octanol–water partition coefficient (Wildman–Crippen LogP) is 2.82. The topological polar surface area (TPSA) is 57.6 Å². The number of nitrogens with zero attached hydrogens (tertiary/aromatic N) is 1. The molecule has 1 N–H and O–H groups in total. The summed E-state index contributed by atoms with van der Waals surface area (Å²) in [6, 6.07) is 9.91. The van der Waals surface area contributed by atoms with Crippen LogP contribution in [0.1, 0.15) is 33.3 Å². The van der Waals surface area contributed by atoms with Crippen molar-refractivity contribution >= 4 is 11.9 Å². The van der Waals surface area contributed by atoms with Crippen molar-refractivity contribution < 1.29 is 14.7 Å². The van der Waals surface area contributed by atoms with Gasteiger partial charge in [-0.05, 0) is 12.0 Å². The SMILES string of the molecule is CC(CN(CCc1ccccc1)C(=O)C(C)(C)C)C(=O)O. The first-order valence-corrected chi connectivity index (χ1v) is 7.28. The lowest BCUT2D eigenvalue weighted by Crippen LogP contribution is -2.44.